The van der Waals surface area contributed by atoms with Crippen LogP contribution >= 0.6 is 0 Å². The summed E-state index contributed by atoms with van der Waals surface area (Å²) in [6, 6.07) is 2.82. The van der Waals surface area contributed by atoms with E-state index in [1.807, 2.05) is 0 Å². The number of methoxy groups -OCH3 is 1. The van der Waals surface area contributed by atoms with Crippen LogP contribution in [0.2, 0.25) is 0 Å². The number of nitrogens with two attached hydrogens (primary N) is 1. The second kappa shape index (κ2) is 4.57. The van der Waals surface area contributed by atoms with Gasteiger partial charge in [-0.3, -0.25) is 9.90 Å². The van der Waals surface area contributed by atoms with Crippen molar-refractivity contribution in [2.75, 3.05) is 31.1 Å². The number of ether oxygens (including phenoxy) is 1. The Bertz CT molecular complexity index is 378. The van der Waals surface area contributed by atoms with E-state index in [-0.39, 0.29) is 5.75 Å². The van der Waals surface area contributed by atoms with E-state index < -0.39 is 5.82 Å². The number of hydrogen-bond acceptors (Lipinski definition) is 4. The molecule has 2 N–H and O–H groups in total. The average molecular weight is 226 g/mol. The van der Waals surface area contributed by atoms with Gasteiger partial charge in [-0.2, -0.15) is 0 Å². The summed E-state index contributed by atoms with van der Waals surface area (Å²) >= 11 is 0. The second-order valence-electron chi connectivity index (χ2n) is 3.69. The fourth-order valence-electron chi connectivity index (χ4n) is 1.72. The summed E-state index contributed by atoms with van der Waals surface area (Å²) in [6.07, 6.45) is 2.08. The Morgan fingerprint density at radius 1 is 1.44 bits per heavy atom. The molecule has 16 heavy (non-hydrogen) atoms. The lowest BCUT2D eigenvalue weighted by Crippen LogP contribution is -2.30. The average Bonchev–Trinajstić information content (AvgIpc) is 2.30. The van der Waals surface area contributed by atoms with Crippen LogP contribution in [-0.4, -0.2) is 20.3 Å². The standard InChI is InChI=1S/C11H15FN2O2/c1-15-11-7-10(9(13)6-8(11)12)14-4-2-3-5-16-14/h6-7H,2-5,13H2,1H3. The van der Waals surface area contributed by atoms with E-state index in [9.17, 15) is 4.39 Å². The minimum Gasteiger partial charge on any atom is -0.494 e. The van der Waals surface area contributed by atoms with Crippen molar-refractivity contribution >= 4 is 11.4 Å². The summed E-state index contributed by atoms with van der Waals surface area (Å²) in [5.74, 6) is -0.279. The predicted octanol–water partition coefficient (Wildman–Crippen LogP) is 1.95. The first kappa shape index (κ1) is 11.0. The molecule has 0 radical (unpaired) electrons. The predicted molar refractivity (Wildman–Crippen MR) is 59.9 cm³/mol. The Kier molecular flexibility index (Phi) is 3.14. The molecule has 0 aromatic heterocycles. The van der Waals surface area contributed by atoms with Crippen molar-refractivity contribution in [3.05, 3.63) is 17.9 Å². The molecule has 0 unspecified atom stereocenters. The van der Waals surface area contributed by atoms with E-state index in [1.54, 1.807) is 11.1 Å². The smallest absolute Gasteiger partial charge is 0.167 e. The molecule has 0 saturated carbocycles. The van der Waals surface area contributed by atoms with Gasteiger partial charge in [0.05, 0.1) is 25.1 Å². The van der Waals surface area contributed by atoms with Gasteiger partial charge in [0.15, 0.2) is 11.6 Å². The first-order valence-electron chi connectivity index (χ1n) is 5.26. The summed E-state index contributed by atoms with van der Waals surface area (Å²) in [7, 11) is 1.43. The maximum Gasteiger partial charge on any atom is 0.167 e. The normalized spacial score (nSPS) is 16.2. The van der Waals surface area contributed by atoms with Crippen LogP contribution in [0.15, 0.2) is 12.1 Å². The zero-order valence-corrected chi connectivity index (χ0v) is 9.20. The quantitative estimate of drug-likeness (QED) is 0.783. The van der Waals surface area contributed by atoms with Crippen molar-refractivity contribution in [3.8, 4) is 5.75 Å². The zero-order chi connectivity index (χ0) is 11.5. The fourth-order valence-corrected chi connectivity index (χ4v) is 1.72. The molecule has 1 aliphatic heterocycles. The van der Waals surface area contributed by atoms with Gasteiger partial charge in [-0.25, -0.2) is 4.39 Å². The van der Waals surface area contributed by atoms with E-state index in [1.165, 1.54) is 13.2 Å². The summed E-state index contributed by atoms with van der Waals surface area (Å²) in [6.45, 7) is 1.43. The first-order chi connectivity index (χ1) is 7.72. The van der Waals surface area contributed by atoms with Gasteiger partial charge in [0, 0.05) is 18.7 Å². The van der Waals surface area contributed by atoms with Gasteiger partial charge >= 0.3 is 0 Å². The largest absolute Gasteiger partial charge is 0.494 e. The van der Waals surface area contributed by atoms with Crippen LogP contribution in [0.1, 0.15) is 12.8 Å². The van der Waals surface area contributed by atoms with E-state index in [0.717, 1.165) is 19.4 Å². The number of benzene rings is 1. The van der Waals surface area contributed by atoms with Crippen LogP contribution in [0.5, 0.6) is 5.75 Å². The van der Waals surface area contributed by atoms with Gasteiger partial charge in [-0.05, 0) is 12.8 Å². The molecule has 5 heteroatoms. The zero-order valence-electron chi connectivity index (χ0n) is 9.20. The van der Waals surface area contributed by atoms with Crippen molar-refractivity contribution in [3.63, 3.8) is 0 Å². The maximum absolute atomic E-state index is 13.3. The summed E-state index contributed by atoms with van der Waals surface area (Å²) in [4.78, 5) is 5.46. The number of halogens is 1. The fraction of sp³-hybridized carbons (Fsp3) is 0.455. The summed E-state index contributed by atoms with van der Waals surface area (Å²) in [5.41, 5.74) is 6.78. The molecule has 2 rings (SSSR count). The van der Waals surface area contributed by atoms with Crippen molar-refractivity contribution in [1.29, 1.82) is 0 Å². The lowest BCUT2D eigenvalue weighted by molar-refractivity contribution is 0.0780. The van der Waals surface area contributed by atoms with Crippen LogP contribution in [0.25, 0.3) is 0 Å². The molecule has 1 aliphatic rings. The van der Waals surface area contributed by atoms with Crippen molar-refractivity contribution < 1.29 is 14.0 Å². The number of hydroxylamine groups is 1. The van der Waals surface area contributed by atoms with Gasteiger partial charge in [-0.15, -0.1) is 0 Å². The van der Waals surface area contributed by atoms with Crippen LogP contribution in [-0.2, 0) is 4.84 Å². The van der Waals surface area contributed by atoms with Gasteiger partial charge in [0.25, 0.3) is 0 Å². The molecule has 0 aliphatic carbocycles. The molecule has 1 fully saturated rings. The molecule has 0 atom stereocenters. The van der Waals surface area contributed by atoms with Crippen LogP contribution in [0, 0.1) is 5.82 Å². The number of nitrogens with zero attached hydrogens (tertiary/aromatic N) is 1. The third kappa shape index (κ3) is 2.04. The highest BCUT2D eigenvalue weighted by atomic mass is 19.1. The second-order valence-corrected chi connectivity index (χ2v) is 3.69. The number of nitrogen functional groups attached to an aromatic ring is 1. The van der Waals surface area contributed by atoms with Crippen LogP contribution in [0.3, 0.4) is 0 Å². The molecule has 0 spiro atoms. The highest BCUT2D eigenvalue weighted by Gasteiger charge is 2.17. The molecule has 4 nitrogen and oxygen atoms in total. The Morgan fingerprint density at radius 2 is 2.25 bits per heavy atom. The SMILES string of the molecule is COc1cc(N2CCCCO2)c(N)cc1F. The monoisotopic (exact) mass is 226 g/mol. The van der Waals surface area contributed by atoms with Gasteiger partial charge < -0.3 is 10.5 Å². The lowest BCUT2D eigenvalue weighted by atomic mass is 10.2. The van der Waals surface area contributed by atoms with Gasteiger partial charge in [0.2, 0.25) is 0 Å². The van der Waals surface area contributed by atoms with E-state index in [0.29, 0.717) is 18.0 Å². The minimum atomic E-state index is -0.458. The number of rotatable bonds is 2. The highest BCUT2D eigenvalue weighted by Crippen LogP contribution is 2.32. The molecule has 1 heterocycles. The van der Waals surface area contributed by atoms with Crippen LogP contribution in [0.4, 0.5) is 15.8 Å². The molecule has 1 aromatic carbocycles. The Morgan fingerprint density at radius 3 is 2.88 bits per heavy atom. The van der Waals surface area contributed by atoms with E-state index in [4.69, 9.17) is 15.3 Å². The molecule has 0 amide bonds. The third-order valence-electron chi connectivity index (χ3n) is 2.57. The molecule has 0 bridgehead atoms. The topological polar surface area (TPSA) is 47.7 Å². The summed E-state index contributed by atoms with van der Waals surface area (Å²) < 4.78 is 18.3. The van der Waals surface area contributed by atoms with Crippen molar-refractivity contribution in [2.45, 2.75) is 12.8 Å². The molecule has 1 aromatic rings. The Balaban J connectivity index is 2.31. The molecular formula is C11H15FN2O2. The van der Waals surface area contributed by atoms with E-state index >= 15 is 0 Å². The Hall–Kier alpha value is -1.49. The number of anilines is 2. The van der Waals surface area contributed by atoms with Crippen molar-refractivity contribution in [2.24, 2.45) is 0 Å². The first-order valence-corrected chi connectivity index (χ1v) is 5.26. The third-order valence-corrected chi connectivity index (χ3v) is 2.57. The minimum absolute atomic E-state index is 0.179. The molecular weight excluding hydrogens is 211 g/mol. The highest BCUT2D eigenvalue weighted by molar-refractivity contribution is 5.69. The lowest BCUT2D eigenvalue weighted by Gasteiger charge is -2.29. The molecule has 88 valence electrons. The molecule has 1 saturated heterocycles. The van der Waals surface area contributed by atoms with E-state index in [2.05, 4.69) is 0 Å². The van der Waals surface area contributed by atoms with Gasteiger partial charge in [-0.1, -0.05) is 0 Å². The van der Waals surface area contributed by atoms with Crippen molar-refractivity contribution in [1.82, 2.24) is 0 Å². The number of hydrogen-bond donors (Lipinski definition) is 1. The Labute approximate surface area is 93.7 Å². The maximum atomic E-state index is 13.3. The summed E-state index contributed by atoms with van der Waals surface area (Å²) in [5, 5.41) is 1.70. The van der Waals surface area contributed by atoms with Crippen LogP contribution < -0.4 is 15.5 Å². The van der Waals surface area contributed by atoms with Gasteiger partial charge in [0.1, 0.15) is 0 Å².